The van der Waals surface area contributed by atoms with Crippen LogP contribution in [0.5, 0.6) is 0 Å². The molecule has 2 aliphatic rings. The molecule has 0 radical (unpaired) electrons. The zero-order chi connectivity index (χ0) is 31.5. The van der Waals surface area contributed by atoms with Gasteiger partial charge in [0.1, 0.15) is 0 Å². The van der Waals surface area contributed by atoms with Gasteiger partial charge >= 0.3 is 11.9 Å². The van der Waals surface area contributed by atoms with Gasteiger partial charge in [-0.25, -0.2) is 3.63 Å². The molecule has 3 aromatic carbocycles. The van der Waals surface area contributed by atoms with E-state index in [-0.39, 0.29) is 25.0 Å². The molecule has 0 heterocycles. The third-order valence-electron chi connectivity index (χ3n) is 8.78. The van der Waals surface area contributed by atoms with E-state index in [1.807, 2.05) is 91.0 Å². The summed E-state index contributed by atoms with van der Waals surface area (Å²) in [7, 11) is -7.67. The van der Waals surface area contributed by atoms with Gasteiger partial charge in [0, 0.05) is 14.7 Å². The van der Waals surface area contributed by atoms with Crippen LogP contribution in [0.15, 0.2) is 106 Å². The summed E-state index contributed by atoms with van der Waals surface area (Å²) in [4.78, 5) is 28.8. The average Bonchev–Trinajstić information content (AvgIpc) is 3.09. The lowest BCUT2D eigenvalue weighted by atomic mass is 9.90. The van der Waals surface area contributed by atoms with Gasteiger partial charge < -0.3 is 9.47 Å². The van der Waals surface area contributed by atoms with Crippen molar-refractivity contribution in [2.24, 2.45) is 11.8 Å². The van der Waals surface area contributed by atoms with Crippen molar-refractivity contribution in [3.05, 3.63) is 91.0 Å². The van der Waals surface area contributed by atoms with Crippen LogP contribution in [0.25, 0.3) is 0 Å². The zero-order valence-corrected chi connectivity index (χ0v) is 27.4. The Balaban J connectivity index is 1.49. The molecule has 2 aliphatic carbocycles. The van der Waals surface area contributed by atoms with Gasteiger partial charge in [-0.15, -0.1) is 0 Å². The molecule has 0 spiro atoms. The molecule has 7 nitrogen and oxygen atoms in total. The molecule has 0 aromatic heterocycles. The van der Waals surface area contributed by atoms with Crippen molar-refractivity contribution in [3.63, 3.8) is 0 Å². The fourth-order valence-corrected chi connectivity index (χ4v) is 11.8. The molecule has 3 aromatic rings. The first-order valence-corrected chi connectivity index (χ1v) is 19.2. The highest BCUT2D eigenvalue weighted by atomic mass is 32.3. The van der Waals surface area contributed by atoms with E-state index in [1.54, 1.807) is 0 Å². The van der Waals surface area contributed by atoms with Gasteiger partial charge in [0.2, 0.25) is 0 Å². The van der Waals surface area contributed by atoms with Crippen LogP contribution in [0.1, 0.15) is 70.6 Å². The first-order chi connectivity index (χ1) is 21.9. The van der Waals surface area contributed by atoms with Gasteiger partial charge in [-0.1, -0.05) is 93.1 Å². The van der Waals surface area contributed by atoms with Crippen molar-refractivity contribution < 1.29 is 31.1 Å². The molecule has 0 bridgehead atoms. The Morgan fingerprint density at radius 3 is 1.42 bits per heavy atom. The van der Waals surface area contributed by atoms with Crippen LogP contribution in [0.3, 0.4) is 0 Å². The predicted molar refractivity (Wildman–Crippen MR) is 175 cm³/mol. The number of carbonyl (C=O) groups excluding carboxylic acids is 2. The molecule has 9 heteroatoms. The second kappa shape index (κ2) is 15.9. The van der Waals surface area contributed by atoms with E-state index < -0.39 is 44.0 Å². The Morgan fingerprint density at radius 2 is 1.00 bits per heavy atom. The third kappa shape index (κ3) is 8.57. The first-order valence-electron chi connectivity index (χ1n) is 16.1. The monoisotopic (exact) mass is 652 g/mol. The second-order valence-electron chi connectivity index (χ2n) is 12.1. The van der Waals surface area contributed by atoms with E-state index in [9.17, 15) is 18.0 Å². The van der Waals surface area contributed by atoms with E-state index in [4.69, 9.17) is 13.1 Å². The van der Waals surface area contributed by atoms with E-state index in [0.717, 1.165) is 57.8 Å². The lowest BCUT2D eigenvalue weighted by molar-refractivity contribution is -0.151. The molecule has 1 unspecified atom stereocenters. The fraction of sp³-hybridized carbons (Fsp3) is 0.444. The minimum atomic E-state index is -4.75. The Labute approximate surface area is 269 Å². The molecular weight excluding hydrogens is 609 g/mol. The van der Waals surface area contributed by atoms with Gasteiger partial charge in [-0.2, -0.15) is 8.42 Å². The number of ether oxygens (including phenoxy) is 2. The van der Waals surface area contributed by atoms with E-state index in [1.165, 1.54) is 6.42 Å². The topological polar surface area (TPSA) is 96.0 Å². The minimum Gasteiger partial charge on any atom is -0.465 e. The van der Waals surface area contributed by atoms with Crippen molar-refractivity contribution in [3.8, 4) is 0 Å². The van der Waals surface area contributed by atoms with Crippen LogP contribution in [0.2, 0.25) is 0 Å². The number of hydrogen-bond acceptors (Lipinski definition) is 7. The molecule has 242 valence electrons. The van der Waals surface area contributed by atoms with E-state index >= 15 is 0 Å². The smallest absolute Gasteiger partial charge is 0.327 e. The number of carbonyl (C=O) groups is 2. The summed E-state index contributed by atoms with van der Waals surface area (Å²) in [5.41, 5.74) is 0. The molecule has 2 fully saturated rings. The third-order valence-corrected chi connectivity index (χ3v) is 14.2. The van der Waals surface area contributed by atoms with Crippen LogP contribution in [0.4, 0.5) is 0 Å². The van der Waals surface area contributed by atoms with Crippen LogP contribution < -0.4 is 0 Å². The largest absolute Gasteiger partial charge is 0.465 e. The van der Waals surface area contributed by atoms with Gasteiger partial charge in [0.05, 0.1) is 19.6 Å². The summed E-state index contributed by atoms with van der Waals surface area (Å²) in [6, 6.07) is 27.5. The normalized spacial score (nSPS) is 17.7. The maximum absolute atomic E-state index is 14.5. The van der Waals surface area contributed by atoms with Crippen molar-refractivity contribution in [2.45, 2.75) is 90.6 Å². The van der Waals surface area contributed by atoms with Crippen LogP contribution in [0, 0.1) is 11.8 Å². The molecule has 0 N–H and O–H groups in total. The molecule has 5 rings (SSSR count). The summed E-state index contributed by atoms with van der Waals surface area (Å²) in [6.45, 7) is 0.340. The fourth-order valence-electron chi connectivity index (χ4n) is 6.28. The lowest BCUT2D eigenvalue weighted by Gasteiger charge is -2.40. The summed E-state index contributed by atoms with van der Waals surface area (Å²) >= 11 is 0. The minimum absolute atomic E-state index is 0.121. The van der Waals surface area contributed by atoms with Crippen molar-refractivity contribution in [1.29, 1.82) is 0 Å². The van der Waals surface area contributed by atoms with Gasteiger partial charge in [0.15, 0.2) is 5.25 Å². The number of rotatable bonds is 13. The molecule has 0 saturated heterocycles. The standard InChI is InChI=1S/C36H44O7S2/c37-35(41-27-29-16-6-1-7-17-29)26-34(36(38)42-28-30-18-8-2-9-19-30)45(39,40)43-44(31-20-10-3-11-21-31,32-22-12-4-13-23-32)33-24-14-5-15-25-33/h3-5,10-15,20-25,29-30,34H,1-2,6-9,16-19,26-28H2. The SMILES string of the molecule is O=C(CC(C(=O)OCC1CCCCC1)S(=O)(=O)OS(c1ccccc1)(c1ccccc1)c1ccccc1)OCC1CCCCC1. The predicted octanol–water partition coefficient (Wildman–Crippen LogP) is 8.24. The molecule has 45 heavy (non-hydrogen) atoms. The maximum atomic E-state index is 14.5. The molecule has 0 aliphatic heterocycles. The lowest BCUT2D eigenvalue weighted by Crippen LogP contribution is -2.37. The van der Waals surface area contributed by atoms with Crippen molar-refractivity contribution in [1.82, 2.24) is 0 Å². The van der Waals surface area contributed by atoms with Crippen LogP contribution in [-0.4, -0.2) is 38.8 Å². The average molecular weight is 653 g/mol. The van der Waals surface area contributed by atoms with Crippen molar-refractivity contribution in [2.75, 3.05) is 13.2 Å². The van der Waals surface area contributed by atoms with Crippen molar-refractivity contribution >= 4 is 32.4 Å². The Bertz CT molecular complexity index is 1370. The quantitative estimate of drug-likeness (QED) is 0.172. The molecule has 1 atom stereocenters. The Kier molecular flexibility index (Phi) is 11.8. The summed E-state index contributed by atoms with van der Waals surface area (Å²) in [5.74, 6) is -1.30. The summed E-state index contributed by atoms with van der Waals surface area (Å²) in [5, 5.41) is -1.87. The molecule has 2 saturated carbocycles. The Morgan fingerprint density at radius 1 is 0.600 bits per heavy atom. The highest BCUT2D eigenvalue weighted by Crippen LogP contribution is 2.70. The van der Waals surface area contributed by atoms with Crippen LogP contribution >= 0.6 is 10.3 Å². The second-order valence-corrected chi connectivity index (χ2v) is 16.7. The van der Waals surface area contributed by atoms with Gasteiger partial charge in [-0.3, -0.25) is 9.59 Å². The molecular formula is C36H44O7S2. The number of hydrogen-bond donors (Lipinski definition) is 0. The highest BCUT2D eigenvalue weighted by molar-refractivity contribution is 8.33. The van der Waals surface area contributed by atoms with E-state index in [0.29, 0.717) is 14.7 Å². The maximum Gasteiger partial charge on any atom is 0.327 e. The molecule has 0 amide bonds. The number of benzene rings is 3. The van der Waals surface area contributed by atoms with Gasteiger partial charge in [-0.05, 0) is 84.2 Å². The highest BCUT2D eigenvalue weighted by Gasteiger charge is 2.45. The number of esters is 2. The van der Waals surface area contributed by atoms with Crippen LogP contribution in [-0.2, 0) is 32.8 Å². The summed E-state index contributed by atoms with van der Waals surface area (Å²) < 4.78 is 46.6. The summed E-state index contributed by atoms with van der Waals surface area (Å²) in [6.07, 6.45) is 9.71. The van der Waals surface area contributed by atoms with E-state index in [2.05, 4.69) is 0 Å². The van der Waals surface area contributed by atoms with Gasteiger partial charge in [0.25, 0.3) is 10.1 Å². The zero-order valence-electron chi connectivity index (χ0n) is 25.8. The first kappa shape index (κ1) is 33.2. The Hall–Kier alpha value is -3.14.